The predicted molar refractivity (Wildman–Crippen MR) is 87.5 cm³/mol. The van der Waals surface area contributed by atoms with Crippen LogP contribution in [0.2, 0.25) is 0 Å². The van der Waals surface area contributed by atoms with Crippen molar-refractivity contribution in [3.63, 3.8) is 0 Å². The number of anilines is 1. The number of rotatable bonds is 7. The second-order valence-electron chi connectivity index (χ2n) is 4.80. The van der Waals surface area contributed by atoms with Gasteiger partial charge in [0.15, 0.2) is 11.5 Å². The number of nitrogens with one attached hydrogen (secondary N) is 1. The van der Waals surface area contributed by atoms with Gasteiger partial charge in [-0.3, -0.25) is 9.48 Å². The van der Waals surface area contributed by atoms with Crippen molar-refractivity contribution in [2.45, 2.75) is 26.0 Å². The number of amides is 1. The molecule has 1 aromatic heterocycles. The number of ether oxygens (including phenoxy) is 2. The van der Waals surface area contributed by atoms with Gasteiger partial charge < -0.3 is 14.8 Å². The number of methoxy groups -OCH3 is 1. The first-order valence-electron chi connectivity index (χ1n) is 7.08. The quantitative estimate of drug-likeness (QED) is 0.762. The van der Waals surface area contributed by atoms with Crippen LogP contribution in [0.1, 0.15) is 19.4 Å². The summed E-state index contributed by atoms with van der Waals surface area (Å²) in [6, 6.07) is 3.69. The Kier molecular flexibility index (Phi) is 6.13. The zero-order chi connectivity index (χ0) is 17.7. The number of nitrogens with zero attached hydrogens (tertiary/aromatic N) is 2. The Bertz CT molecular complexity index is 709. The molecule has 0 radical (unpaired) electrons. The fourth-order valence-corrected chi connectivity index (χ4v) is 2.44. The van der Waals surface area contributed by atoms with Crippen LogP contribution in [0, 0.1) is 0 Å². The van der Waals surface area contributed by atoms with E-state index in [1.54, 1.807) is 17.1 Å². The molecule has 1 atom stereocenters. The van der Waals surface area contributed by atoms with Crippen molar-refractivity contribution in [2.75, 3.05) is 12.4 Å². The lowest BCUT2D eigenvalue weighted by molar-refractivity contribution is -0.119. The third kappa shape index (κ3) is 4.44. The number of hydrogen-bond acceptors (Lipinski definition) is 4. The van der Waals surface area contributed by atoms with E-state index in [1.807, 2.05) is 6.92 Å². The van der Waals surface area contributed by atoms with Gasteiger partial charge in [-0.15, -0.1) is 0 Å². The van der Waals surface area contributed by atoms with E-state index in [0.29, 0.717) is 12.1 Å². The van der Waals surface area contributed by atoms with Gasteiger partial charge in [0, 0.05) is 18.0 Å². The average molecular weight is 404 g/mol. The molecule has 1 amide bonds. The zero-order valence-electron chi connectivity index (χ0n) is 13.0. The first-order valence-corrected chi connectivity index (χ1v) is 7.87. The van der Waals surface area contributed by atoms with Crippen molar-refractivity contribution in [3.05, 3.63) is 35.1 Å². The Balaban J connectivity index is 2.15. The summed E-state index contributed by atoms with van der Waals surface area (Å²) in [5.74, 6) is -0.283. The molecule has 1 aromatic carbocycles. The second kappa shape index (κ2) is 8.09. The molecular formula is C15H16BrF2N3O3. The van der Waals surface area contributed by atoms with Crippen molar-refractivity contribution < 1.29 is 23.0 Å². The summed E-state index contributed by atoms with van der Waals surface area (Å²) in [5.41, 5.74) is 0.406. The van der Waals surface area contributed by atoms with Gasteiger partial charge in [0.25, 0.3) is 0 Å². The topological polar surface area (TPSA) is 65.4 Å². The molecule has 130 valence electrons. The van der Waals surface area contributed by atoms with Crippen LogP contribution in [0.25, 0.3) is 0 Å². The summed E-state index contributed by atoms with van der Waals surface area (Å²) in [5, 5.41) is 6.83. The minimum atomic E-state index is -2.96. The number of aromatic nitrogens is 2. The lowest BCUT2D eigenvalue weighted by Crippen LogP contribution is -2.25. The highest BCUT2D eigenvalue weighted by Gasteiger charge is 2.20. The molecule has 0 spiro atoms. The smallest absolute Gasteiger partial charge is 0.387 e. The lowest BCUT2D eigenvalue weighted by Gasteiger charge is -2.16. The van der Waals surface area contributed by atoms with Gasteiger partial charge in [-0.1, -0.05) is 6.92 Å². The van der Waals surface area contributed by atoms with E-state index in [9.17, 15) is 13.6 Å². The van der Waals surface area contributed by atoms with Crippen LogP contribution in [-0.4, -0.2) is 29.4 Å². The highest BCUT2D eigenvalue weighted by molar-refractivity contribution is 9.10. The summed E-state index contributed by atoms with van der Waals surface area (Å²) in [6.07, 6.45) is 3.83. The van der Waals surface area contributed by atoms with E-state index in [4.69, 9.17) is 4.74 Å². The van der Waals surface area contributed by atoms with Crippen molar-refractivity contribution >= 4 is 27.5 Å². The van der Waals surface area contributed by atoms with Crippen LogP contribution >= 0.6 is 15.9 Å². The van der Waals surface area contributed by atoms with E-state index in [1.165, 1.54) is 25.3 Å². The first kappa shape index (κ1) is 18.2. The van der Waals surface area contributed by atoms with E-state index < -0.39 is 12.7 Å². The molecule has 0 aliphatic carbocycles. The van der Waals surface area contributed by atoms with Gasteiger partial charge in [-0.25, -0.2) is 0 Å². The molecule has 0 aliphatic rings. The Morgan fingerprint density at radius 2 is 2.17 bits per heavy atom. The molecule has 0 saturated heterocycles. The summed E-state index contributed by atoms with van der Waals surface area (Å²) >= 11 is 3.29. The van der Waals surface area contributed by atoms with Crippen molar-refractivity contribution in [1.82, 2.24) is 9.78 Å². The number of hydrogen-bond donors (Lipinski definition) is 1. The molecule has 0 saturated carbocycles. The van der Waals surface area contributed by atoms with Crippen molar-refractivity contribution in [3.8, 4) is 11.5 Å². The van der Waals surface area contributed by atoms with Gasteiger partial charge in [0.05, 0.1) is 17.8 Å². The number of benzene rings is 1. The van der Waals surface area contributed by atoms with Crippen LogP contribution in [0.3, 0.4) is 0 Å². The Hall–Kier alpha value is -2.16. The molecule has 2 aromatic rings. The Morgan fingerprint density at radius 3 is 2.71 bits per heavy atom. The highest BCUT2D eigenvalue weighted by Crippen LogP contribution is 2.31. The highest BCUT2D eigenvalue weighted by atomic mass is 79.9. The van der Waals surface area contributed by atoms with Crippen LogP contribution in [0.5, 0.6) is 11.5 Å². The standard InChI is InChI=1S/C15H16BrF2N3O3/c1-3-11(21-8-9(16)7-19-21)14(22)20-10-4-5-12(24-15(17)18)13(6-10)23-2/h4-8,11,15H,3H2,1-2H3,(H,20,22). The molecule has 0 fully saturated rings. The maximum Gasteiger partial charge on any atom is 0.387 e. The fraction of sp³-hybridized carbons (Fsp3) is 0.333. The number of halogens is 3. The van der Waals surface area contributed by atoms with Gasteiger partial charge in [0.2, 0.25) is 5.91 Å². The summed E-state index contributed by atoms with van der Waals surface area (Å²) in [7, 11) is 1.33. The molecule has 1 N–H and O–H groups in total. The van der Waals surface area contributed by atoms with Crippen LogP contribution < -0.4 is 14.8 Å². The van der Waals surface area contributed by atoms with Crippen molar-refractivity contribution in [2.24, 2.45) is 0 Å². The fourth-order valence-electron chi connectivity index (χ4n) is 2.14. The molecule has 0 aliphatic heterocycles. The van der Waals surface area contributed by atoms with Gasteiger partial charge in [0.1, 0.15) is 6.04 Å². The number of alkyl halides is 2. The van der Waals surface area contributed by atoms with Crippen LogP contribution in [0.15, 0.2) is 35.1 Å². The summed E-state index contributed by atoms with van der Waals surface area (Å²) in [4.78, 5) is 12.4. The average Bonchev–Trinajstić information content (AvgIpc) is 2.95. The molecule has 9 heteroatoms. The molecule has 1 unspecified atom stereocenters. The second-order valence-corrected chi connectivity index (χ2v) is 5.71. The SMILES string of the molecule is CCC(C(=O)Nc1ccc(OC(F)F)c(OC)c1)n1cc(Br)cn1. The maximum absolute atomic E-state index is 12.4. The predicted octanol–water partition coefficient (Wildman–Crippen LogP) is 3.85. The normalized spacial score (nSPS) is 12.1. The largest absolute Gasteiger partial charge is 0.493 e. The summed E-state index contributed by atoms with van der Waals surface area (Å²) in [6.45, 7) is -1.10. The Labute approximate surface area is 145 Å². The maximum atomic E-state index is 12.4. The van der Waals surface area contributed by atoms with Crippen LogP contribution in [-0.2, 0) is 4.79 Å². The molecular weight excluding hydrogens is 388 g/mol. The zero-order valence-corrected chi connectivity index (χ0v) is 14.6. The molecule has 24 heavy (non-hydrogen) atoms. The van der Waals surface area contributed by atoms with E-state index in [2.05, 4.69) is 31.1 Å². The third-order valence-electron chi connectivity index (χ3n) is 3.23. The molecule has 6 nitrogen and oxygen atoms in total. The molecule has 0 bridgehead atoms. The van der Waals surface area contributed by atoms with Gasteiger partial charge in [-0.05, 0) is 34.5 Å². The molecule has 2 rings (SSSR count). The third-order valence-corrected chi connectivity index (χ3v) is 3.64. The first-order chi connectivity index (χ1) is 11.4. The monoisotopic (exact) mass is 403 g/mol. The van der Waals surface area contributed by atoms with Gasteiger partial charge >= 0.3 is 6.61 Å². The van der Waals surface area contributed by atoms with Crippen molar-refractivity contribution in [1.29, 1.82) is 0 Å². The number of carbonyl (C=O) groups excluding carboxylic acids is 1. The summed E-state index contributed by atoms with van der Waals surface area (Å²) < 4.78 is 36.3. The minimum absolute atomic E-state index is 0.1000. The van der Waals surface area contributed by atoms with Crippen LogP contribution in [0.4, 0.5) is 14.5 Å². The lowest BCUT2D eigenvalue weighted by atomic mass is 10.2. The number of carbonyl (C=O) groups is 1. The van der Waals surface area contributed by atoms with Gasteiger partial charge in [-0.2, -0.15) is 13.9 Å². The van der Waals surface area contributed by atoms with E-state index >= 15 is 0 Å². The molecule has 1 heterocycles. The van der Waals surface area contributed by atoms with E-state index in [-0.39, 0.29) is 17.4 Å². The van der Waals surface area contributed by atoms with E-state index in [0.717, 1.165) is 4.47 Å². The minimum Gasteiger partial charge on any atom is -0.493 e. The Morgan fingerprint density at radius 1 is 1.42 bits per heavy atom.